The Hall–Kier alpha value is -1.91. The maximum atomic E-state index is 11.8. The van der Waals surface area contributed by atoms with E-state index in [1.54, 1.807) is 0 Å². The highest BCUT2D eigenvalue weighted by Crippen LogP contribution is 2.48. The number of hydrogen-bond acceptors (Lipinski definition) is 3. The van der Waals surface area contributed by atoms with E-state index >= 15 is 0 Å². The lowest BCUT2D eigenvalue weighted by Crippen LogP contribution is -2.29. The summed E-state index contributed by atoms with van der Waals surface area (Å²) in [5, 5.41) is 24.0. The van der Waals surface area contributed by atoms with E-state index in [1.165, 1.54) is 11.1 Å². The van der Waals surface area contributed by atoms with Crippen molar-refractivity contribution in [2.75, 3.05) is 0 Å². The van der Waals surface area contributed by atoms with Crippen molar-refractivity contribution in [1.29, 1.82) is 0 Å². The van der Waals surface area contributed by atoms with Gasteiger partial charge < -0.3 is 15.5 Å². The van der Waals surface area contributed by atoms with E-state index in [2.05, 4.69) is 36.5 Å². The summed E-state index contributed by atoms with van der Waals surface area (Å²) in [4.78, 5) is 11.8. The first-order valence-corrected chi connectivity index (χ1v) is 11.9. The third-order valence-electron chi connectivity index (χ3n) is 6.63. The zero-order valence-corrected chi connectivity index (χ0v) is 19.3. The van der Waals surface area contributed by atoms with Crippen molar-refractivity contribution < 1.29 is 15.0 Å². The van der Waals surface area contributed by atoms with Crippen LogP contribution in [0.3, 0.4) is 0 Å². The van der Waals surface area contributed by atoms with Gasteiger partial charge in [-0.1, -0.05) is 53.6 Å². The molecular weight excluding hydrogens is 386 g/mol. The van der Waals surface area contributed by atoms with Gasteiger partial charge in [0.2, 0.25) is 5.91 Å². The molecule has 0 heterocycles. The highest BCUT2D eigenvalue weighted by molar-refractivity contribution is 5.76. The quantitative estimate of drug-likeness (QED) is 0.382. The summed E-state index contributed by atoms with van der Waals surface area (Å²) < 4.78 is 0. The number of aliphatic hydroxyl groups is 2. The Labute approximate surface area is 187 Å². The highest BCUT2D eigenvalue weighted by atomic mass is 16.3. The van der Waals surface area contributed by atoms with Gasteiger partial charge in [0.05, 0.1) is 12.2 Å². The van der Waals surface area contributed by atoms with E-state index < -0.39 is 6.10 Å². The standard InChI is InChI=1S/C27H39NO3/c1-18(2)28-27(31)10-5-4-8-21-14-22-17-26(30)24(25(22)16-21)12-11-23(29)15-20-9-6-7-19(3)13-20/h6-7,9,11-14,18,22-26,29-30H,4-5,8,10,15-17H2,1-3H3,(H,28,31)/t22-,23-,24+,25-,26+/m0/s1. The molecule has 0 unspecified atom stereocenters. The topological polar surface area (TPSA) is 69.6 Å². The Kier molecular flexibility index (Phi) is 8.50. The summed E-state index contributed by atoms with van der Waals surface area (Å²) in [6.45, 7) is 6.04. The number of aliphatic hydroxyl groups excluding tert-OH is 2. The SMILES string of the molecule is Cc1cccc(C[C@@H](O)C=C[C@@H]2[C@H]3CC(CCCCC(=O)NC(C)C)=C[C@H]3C[C@H]2O)c1. The number of carbonyl (C=O) groups excluding carboxylic acids is 1. The van der Waals surface area contributed by atoms with Gasteiger partial charge >= 0.3 is 0 Å². The van der Waals surface area contributed by atoms with E-state index in [9.17, 15) is 15.0 Å². The van der Waals surface area contributed by atoms with Gasteiger partial charge in [0.25, 0.3) is 0 Å². The van der Waals surface area contributed by atoms with Crippen molar-refractivity contribution in [2.45, 2.75) is 84.0 Å². The van der Waals surface area contributed by atoms with Gasteiger partial charge in [-0.05, 0) is 70.3 Å². The van der Waals surface area contributed by atoms with Crippen molar-refractivity contribution >= 4 is 5.91 Å². The Bertz CT molecular complexity index is 797. The number of hydrogen-bond donors (Lipinski definition) is 3. The van der Waals surface area contributed by atoms with Crippen molar-refractivity contribution in [3.05, 3.63) is 59.2 Å². The fraction of sp³-hybridized carbons (Fsp3) is 0.593. The first kappa shape index (κ1) is 23.7. The average Bonchev–Trinajstić information content (AvgIpc) is 3.19. The third kappa shape index (κ3) is 7.05. The molecule has 31 heavy (non-hydrogen) atoms. The molecule has 1 aromatic carbocycles. The molecule has 0 bridgehead atoms. The molecule has 2 aliphatic rings. The molecule has 0 aliphatic heterocycles. The van der Waals surface area contributed by atoms with E-state index in [1.807, 2.05) is 32.1 Å². The zero-order valence-electron chi connectivity index (χ0n) is 19.3. The molecule has 0 radical (unpaired) electrons. The molecule has 1 aromatic rings. The number of fused-ring (bicyclic) bond motifs is 1. The van der Waals surface area contributed by atoms with Crippen LogP contribution in [0.15, 0.2) is 48.1 Å². The van der Waals surface area contributed by atoms with Gasteiger partial charge in [-0.25, -0.2) is 0 Å². The van der Waals surface area contributed by atoms with Crippen LogP contribution < -0.4 is 5.32 Å². The predicted molar refractivity (Wildman–Crippen MR) is 126 cm³/mol. The third-order valence-corrected chi connectivity index (χ3v) is 6.63. The molecule has 0 spiro atoms. The molecule has 2 aliphatic carbocycles. The molecule has 0 aromatic heterocycles. The van der Waals surface area contributed by atoms with Crippen LogP contribution in [0.25, 0.3) is 0 Å². The summed E-state index contributed by atoms with van der Waals surface area (Å²) in [6, 6.07) is 8.44. The van der Waals surface area contributed by atoms with Gasteiger partial charge in [-0.15, -0.1) is 0 Å². The fourth-order valence-electron chi connectivity index (χ4n) is 5.23. The van der Waals surface area contributed by atoms with Crippen molar-refractivity contribution in [1.82, 2.24) is 5.32 Å². The second-order valence-corrected chi connectivity index (χ2v) is 9.81. The summed E-state index contributed by atoms with van der Waals surface area (Å²) in [5.74, 6) is 1.14. The molecule has 170 valence electrons. The average molecular weight is 426 g/mol. The number of nitrogens with one attached hydrogen (secondary N) is 1. The van der Waals surface area contributed by atoms with Gasteiger partial charge in [0.1, 0.15) is 0 Å². The number of allylic oxidation sites excluding steroid dienone is 2. The summed E-state index contributed by atoms with van der Waals surface area (Å²) in [6.07, 6.45) is 11.5. The zero-order chi connectivity index (χ0) is 22.4. The van der Waals surface area contributed by atoms with Crippen molar-refractivity contribution in [3.63, 3.8) is 0 Å². The molecule has 0 saturated heterocycles. The second kappa shape index (κ2) is 11.1. The van der Waals surface area contributed by atoms with Crippen LogP contribution >= 0.6 is 0 Å². The lowest BCUT2D eigenvalue weighted by atomic mass is 9.88. The lowest BCUT2D eigenvalue weighted by Gasteiger charge is -2.19. The van der Waals surface area contributed by atoms with Crippen LogP contribution in [0.1, 0.15) is 63.5 Å². The van der Waals surface area contributed by atoms with Crippen LogP contribution in [0.5, 0.6) is 0 Å². The van der Waals surface area contributed by atoms with Crippen molar-refractivity contribution in [2.24, 2.45) is 17.8 Å². The monoisotopic (exact) mass is 425 g/mol. The molecule has 4 nitrogen and oxygen atoms in total. The van der Waals surface area contributed by atoms with Crippen LogP contribution in [0, 0.1) is 24.7 Å². The van der Waals surface area contributed by atoms with Gasteiger partial charge in [0.15, 0.2) is 0 Å². The maximum absolute atomic E-state index is 11.8. The molecule has 4 heteroatoms. The largest absolute Gasteiger partial charge is 0.392 e. The van der Waals surface area contributed by atoms with Gasteiger partial charge in [-0.2, -0.15) is 0 Å². The first-order valence-electron chi connectivity index (χ1n) is 11.9. The lowest BCUT2D eigenvalue weighted by molar-refractivity contribution is -0.121. The van der Waals surface area contributed by atoms with E-state index in [-0.39, 0.29) is 24.0 Å². The maximum Gasteiger partial charge on any atom is 0.220 e. The molecular formula is C27H39NO3. The number of benzene rings is 1. The molecule has 1 fully saturated rings. The highest BCUT2D eigenvalue weighted by Gasteiger charge is 2.43. The van der Waals surface area contributed by atoms with E-state index in [0.717, 1.165) is 37.7 Å². The smallest absolute Gasteiger partial charge is 0.220 e. The Morgan fingerprint density at radius 1 is 1.29 bits per heavy atom. The number of carbonyl (C=O) groups is 1. The number of unbranched alkanes of at least 4 members (excludes halogenated alkanes) is 1. The van der Waals surface area contributed by atoms with Gasteiger partial charge in [0, 0.05) is 24.8 Å². The number of amides is 1. The van der Waals surface area contributed by atoms with Crippen molar-refractivity contribution in [3.8, 4) is 0 Å². The predicted octanol–water partition coefficient (Wildman–Crippen LogP) is 4.48. The first-order chi connectivity index (χ1) is 14.8. The van der Waals surface area contributed by atoms with Crippen LogP contribution in [0.2, 0.25) is 0 Å². The van der Waals surface area contributed by atoms with E-state index in [0.29, 0.717) is 24.7 Å². The molecule has 5 atom stereocenters. The minimum atomic E-state index is -0.529. The molecule has 3 N–H and O–H groups in total. The second-order valence-electron chi connectivity index (χ2n) is 9.81. The Balaban J connectivity index is 1.45. The Morgan fingerprint density at radius 3 is 2.84 bits per heavy atom. The minimum Gasteiger partial charge on any atom is -0.392 e. The van der Waals surface area contributed by atoms with Crippen LogP contribution in [-0.2, 0) is 11.2 Å². The normalized spacial score (nSPS) is 26.3. The minimum absolute atomic E-state index is 0.114. The number of rotatable bonds is 10. The van der Waals surface area contributed by atoms with Crippen LogP contribution in [0.4, 0.5) is 0 Å². The molecule has 1 saturated carbocycles. The summed E-state index contributed by atoms with van der Waals surface area (Å²) in [5.41, 5.74) is 3.81. The summed E-state index contributed by atoms with van der Waals surface area (Å²) >= 11 is 0. The summed E-state index contributed by atoms with van der Waals surface area (Å²) in [7, 11) is 0. The Morgan fingerprint density at radius 2 is 2.10 bits per heavy atom. The van der Waals surface area contributed by atoms with E-state index in [4.69, 9.17) is 0 Å². The molecule has 3 rings (SSSR count). The van der Waals surface area contributed by atoms with Gasteiger partial charge in [-0.3, -0.25) is 4.79 Å². The molecule has 1 amide bonds. The number of aryl methyl sites for hydroxylation is 1. The fourth-order valence-corrected chi connectivity index (χ4v) is 5.23. The van der Waals surface area contributed by atoms with Crippen LogP contribution in [-0.4, -0.2) is 34.4 Å².